The van der Waals surface area contributed by atoms with Gasteiger partial charge in [-0.15, -0.1) is 0 Å². The zero-order valence-corrected chi connectivity index (χ0v) is 24.4. The minimum atomic E-state index is -1.45. The van der Waals surface area contributed by atoms with E-state index in [4.69, 9.17) is 14.2 Å². The first-order chi connectivity index (χ1) is 21.4. The van der Waals surface area contributed by atoms with Crippen LogP contribution in [0, 0.1) is 5.92 Å². The molecule has 8 heteroatoms. The molecule has 4 aromatic rings. The third-order valence-corrected chi connectivity index (χ3v) is 9.17. The van der Waals surface area contributed by atoms with Crippen LogP contribution in [0.3, 0.4) is 0 Å². The lowest BCUT2D eigenvalue weighted by molar-refractivity contribution is -0.122. The number of fused-ring (bicyclic) bond motifs is 6. The Balaban J connectivity index is 1.54. The summed E-state index contributed by atoms with van der Waals surface area (Å²) >= 11 is 0. The SMILES string of the molecule is COc1ccc(C(=O)[C@@H]2[C@@H](C(=O)c3ccccc3OC)[C@@]3(C(=O)Nc4ccccc43)[C@H]3c4ccccc4C=CN23)c(OC)c1. The van der Waals surface area contributed by atoms with Crippen LogP contribution < -0.4 is 19.5 Å². The molecule has 0 radical (unpaired) electrons. The van der Waals surface area contributed by atoms with E-state index in [1.807, 2.05) is 65.7 Å². The Labute approximate surface area is 254 Å². The van der Waals surface area contributed by atoms with Crippen molar-refractivity contribution >= 4 is 29.2 Å². The van der Waals surface area contributed by atoms with Gasteiger partial charge in [0.2, 0.25) is 5.91 Å². The molecule has 4 atom stereocenters. The molecule has 1 fully saturated rings. The van der Waals surface area contributed by atoms with Crippen molar-refractivity contribution in [2.45, 2.75) is 17.5 Å². The average Bonchev–Trinajstić information content (AvgIpc) is 3.55. The van der Waals surface area contributed by atoms with E-state index in [1.54, 1.807) is 42.5 Å². The van der Waals surface area contributed by atoms with Gasteiger partial charge in [-0.2, -0.15) is 0 Å². The van der Waals surface area contributed by atoms with Gasteiger partial charge in [0.15, 0.2) is 11.6 Å². The van der Waals surface area contributed by atoms with Gasteiger partial charge in [0.05, 0.1) is 44.4 Å². The predicted molar refractivity (Wildman–Crippen MR) is 165 cm³/mol. The number of carbonyl (C=O) groups is 3. The number of carbonyl (C=O) groups excluding carboxylic acids is 3. The monoisotopic (exact) mass is 586 g/mol. The first-order valence-corrected chi connectivity index (χ1v) is 14.3. The van der Waals surface area contributed by atoms with Crippen LogP contribution in [0.15, 0.2) is 97.2 Å². The molecule has 220 valence electrons. The standard InChI is InChI=1S/C36H30N2O6/c1-42-22-16-17-25(29(20-22)44-3)33(40)31-30(32(39)24-12-6-9-15-28(24)43-2)36(26-13-7-8-14-27(26)37-35(36)41)34-23-11-5-4-10-21(23)18-19-38(31)34/h4-20,30-31,34H,1-3H3,(H,37,41)/t30-,31-,34+,36+/m0/s1. The Morgan fingerprint density at radius 3 is 2.27 bits per heavy atom. The Morgan fingerprint density at radius 2 is 1.48 bits per heavy atom. The summed E-state index contributed by atoms with van der Waals surface area (Å²) in [4.78, 5) is 46.6. The number of benzene rings is 4. The maximum Gasteiger partial charge on any atom is 0.238 e. The molecule has 3 aliphatic rings. The van der Waals surface area contributed by atoms with Gasteiger partial charge in [-0.25, -0.2) is 0 Å². The molecule has 1 amide bonds. The van der Waals surface area contributed by atoms with Crippen molar-refractivity contribution in [3.05, 3.63) is 125 Å². The third-order valence-electron chi connectivity index (χ3n) is 9.17. The summed E-state index contributed by atoms with van der Waals surface area (Å²) in [7, 11) is 4.52. The molecule has 44 heavy (non-hydrogen) atoms. The first kappa shape index (κ1) is 27.5. The zero-order chi connectivity index (χ0) is 30.6. The number of nitrogens with zero attached hydrogens (tertiary/aromatic N) is 1. The Bertz CT molecular complexity index is 1870. The summed E-state index contributed by atoms with van der Waals surface area (Å²) in [5.41, 5.74) is 2.21. The number of methoxy groups -OCH3 is 3. The first-order valence-electron chi connectivity index (χ1n) is 14.3. The van der Waals surface area contributed by atoms with E-state index in [-0.39, 0.29) is 23.0 Å². The highest BCUT2D eigenvalue weighted by atomic mass is 16.5. The maximum absolute atomic E-state index is 15.1. The normalized spacial score (nSPS) is 22.6. The van der Waals surface area contributed by atoms with E-state index in [1.165, 1.54) is 21.3 Å². The fourth-order valence-electron chi connectivity index (χ4n) is 7.34. The van der Waals surface area contributed by atoms with Crippen molar-refractivity contribution in [3.8, 4) is 17.2 Å². The number of Topliss-reactive ketones (excluding diaryl/α,β-unsaturated/α-hetero) is 2. The Morgan fingerprint density at radius 1 is 0.773 bits per heavy atom. The average molecular weight is 587 g/mol. The molecule has 0 saturated carbocycles. The lowest BCUT2D eigenvalue weighted by Crippen LogP contribution is -2.49. The van der Waals surface area contributed by atoms with Crippen LogP contribution in [0.5, 0.6) is 17.2 Å². The summed E-state index contributed by atoms with van der Waals surface area (Å²) in [6.45, 7) is 0. The number of hydrogen-bond acceptors (Lipinski definition) is 7. The number of amides is 1. The molecule has 0 unspecified atom stereocenters. The van der Waals surface area contributed by atoms with E-state index in [0.29, 0.717) is 34.1 Å². The van der Waals surface area contributed by atoms with E-state index in [0.717, 1.165) is 11.1 Å². The van der Waals surface area contributed by atoms with Crippen LogP contribution in [-0.4, -0.2) is 49.7 Å². The van der Waals surface area contributed by atoms with Crippen molar-refractivity contribution in [2.24, 2.45) is 5.92 Å². The molecule has 0 bridgehead atoms. The van der Waals surface area contributed by atoms with E-state index >= 15 is 4.79 Å². The minimum Gasteiger partial charge on any atom is -0.497 e. The highest BCUT2D eigenvalue weighted by Gasteiger charge is 2.71. The lowest BCUT2D eigenvalue weighted by Gasteiger charge is -2.38. The van der Waals surface area contributed by atoms with Gasteiger partial charge in [0.25, 0.3) is 0 Å². The van der Waals surface area contributed by atoms with Gasteiger partial charge in [-0.3, -0.25) is 14.4 Å². The molecule has 0 aliphatic carbocycles. The van der Waals surface area contributed by atoms with Gasteiger partial charge >= 0.3 is 0 Å². The van der Waals surface area contributed by atoms with Gasteiger partial charge in [0, 0.05) is 18.0 Å². The minimum absolute atomic E-state index is 0.283. The van der Waals surface area contributed by atoms with Crippen LogP contribution in [0.1, 0.15) is 43.4 Å². The van der Waals surface area contributed by atoms with Crippen molar-refractivity contribution in [3.63, 3.8) is 0 Å². The van der Waals surface area contributed by atoms with Gasteiger partial charge < -0.3 is 24.4 Å². The second kappa shape index (κ2) is 10.4. The number of ether oxygens (including phenoxy) is 3. The van der Waals surface area contributed by atoms with E-state index in [2.05, 4.69) is 5.32 Å². The second-order valence-corrected chi connectivity index (χ2v) is 11.1. The number of anilines is 1. The lowest BCUT2D eigenvalue weighted by atomic mass is 9.62. The molecule has 0 aromatic heterocycles. The maximum atomic E-state index is 15.1. The van der Waals surface area contributed by atoms with E-state index in [9.17, 15) is 9.59 Å². The molecular formula is C36H30N2O6. The predicted octanol–water partition coefficient (Wildman–Crippen LogP) is 5.69. The van der Waals surface area contributed by atoms with Gasteiger partial charge in [-0.1, -0.05) is 54.6 Å². The number of ketones is 2. The summed E-state index contributed by atoms with van der Waals surface area (Å²) in [6.07, 6.45) is 3.77. The molecular weight excluding hydrogens is 556 g/mol. The molecule has 7 rings (SSSR count). The molecule has 1 N–H and O–H groups in total. The van der Waals surface area contributed by atoms with Crippen molar-refractivity contribution in [1.29, 1.82) is 0 Å². The van der Waals surface area contributed by atoms with Crippen molar-refractivity contribution < 1.29 is 28.6 Å². The summed E-state index contributed by atoms with van der Waals surface area (Å²) in [5, 5.41) is 3.07. The molecule has 3 aliphatic heterocycles. The van der Waals surface area contributed by atoms with E-state index < -0.39 is 23.4 Å². The third kappa shape index (κ3) is 3.73. The van der Waals surface area contributed by atoms with Gasteiger partial charge in [0.1, 0.15) is 28.7 Å². The Kier molecular flexibility index (Phi) is 6.50. The van der Waals surface area contributed by atoms with Gasteiger partial charge in [-0.05, 0) is 53.1 Å². The van der Waals surface area contributed by atoms with Crippen molar-refractivity contribution in [1.82, 2.24) is 4.90 Å². The number of nitrogens with one attached hydrogen (secondary N) is 1. The highest BCUT2D eigenvalue weighted by molar-refractivity contribution is 6.17. The quantitative estimate of drug-likeness (QED) is 0.278. The highest BCUT2D eigenvalue weighted by Crippen LogP contribution is 2.62. The van der Waals surface area contributed by atoms with Crippen LogP contribution >= 0.6 is 0 Å². The molecule has 1 spiro atoms. The fourth-order valence-corrected chi connectivity index (χ4v) is 7.34. The zero-order valence-electron chi connectivity index (χ0n) is 24.4. The summed E-state index contributed by atoms with van der Waals surface area (Å²) in [6, 6.07) is 25.4. The number of para-hydroxylation sites is 2. The molecule has 3 heterocycles. The van der Waals surface area contributed by atoms with Crippen molar-refractivity contribution in [2.75, 3.05) is 26.6 Å². The number of rotatable bonds is 7. The smallest absolute Gasteiger partial charge is 0.238 e. The van der Waals surface area contributed by atoms with Crippen LogP contribution in [0.25, 0.3) is 6.08 Å². The topological polar surface area (TPSA) is 94.2 Å². The molecule has 1 saturated heterocycles. The number of hydrogen-bond donors (Lipinski definition) is 1. The van der Waals surface area contributed by atoms with Crippen LogP contribution in [0.4, 0.5) is 5.69 Å². The summed E-state index contributed by atoms with van der Waals surface area (Å²) < 4.78 is 16.7. The molecule has 8 nitrogen and oxygen atoms in total. The summed E-state index contributed by atoms with van der Waals surface area (Å²) in [5.74, 6) is -0.967. The molecule has 4 aromatic carbocycles. The Hall–Kier alpha value is -5.37. The second-order valence-electron chi connectivity index (χ2n) is 11.1. The van der Waals surface area contributed by atoms with Crippen LogP contribution in [-0.2, 0) is 10.2 Å². The largest absolute Gasteiger partial charge is 0.497 e. The fraction of sp³-hybridized carbons (Fsp3) is 0.194. The van der Waals surface area contributed by atoms with Crippen LogP contribution in [0.2, 0.25) is 0 Å².